The Hall–Kier alpha value is 1.10. The summed E-state index contributed by atoms with van der Waals surface area (Å²) in [7, 11) is 4.51. The Morgan fingerprint density at radius 1 is 0.767 bits per heavy atom. The van der Waals surface area contributed by atoms with Gasteiger partial charge in [0.2, 0.25) is 0 Å². The van der Waals surface area contributed by atoms with Crippen LogP contribution in [0.2, 0.25) is 0 Å². The summed E-state index contributed by atoms with van der Waals surface area (Å²) >= 11 is 4.40. The maximum Gasteiger partial charge on any atom is 0.102 e. The molecule has 30 heavy (non-hydrogen) atoms. The first-order chi connectivity index (χ1) is 14.1. The van der Waals surface area contributed by atoms with E-state index in [9.17, 15) is 5.11 Å². The predicted molar refractivity (Wildman–Crippen MR) is 136 cm³/mol. The van der Waals surface area contributed by atoms with E-state index in [4.69, 9.17) is 0 Å². The Balaban J connectivity index is 0.00000841. The molecule has 1 heterocycles. The normalized spacial score (nSPS) is 19.2. The molecular weight excluding hydrogens is 474 g/mol. The molecule has 0 aromatic heterocycles. The van der Waals surface area contributed by atoms with Gasteiger partial charge in [0.15, 0.2) is 0 Å². The van der Waals surface area contributed by atoms with Crippen molar-refractivity contribution in [3.8, 4) is 0 Å². The van der Waals surface area contributed by atoms with Crippen molar-refractivity contribution in [1.29, 1.82) is 0 Å². The van der Waals surface area contributed by atoms with Crippen LogP contribution in [0.3, 0.4) is 0 Å². The first-order valence-corrected chi connectivity index (χ1v) is 14.8. The fraction of sp³-hybridized carbons (Fsp3) is 1.00. The van der Waals surface area contributed by atoms with Crippen molar-refractivity contribution in [1.82, 2.24) is 0 Å². The lowest BCUT2D eigenvalue weighted by atomic mass is 10.0. The largest absolute Gasteiger partial charge is 1.00 e. The standard InChI is InChI=1S/C25H52NOS2.BrH/c1-4-5-6-7-8-9-10-11-12-13-14-15-16-17-18-19-25-28-23-24(29-25)22-26(2,3)20-21-27;/h24-25,27H,4-23H2,1-3H3;1H/q+1;/p-1. The van der Waals surface area contributed by atoms with Gasteiger partial charge in [-0.05, 0) is 6.42 Å². The van der Waals surface area contributed by atoms with Crippen molar-refractivity contribution in [2.45, 2.75) is 119 Å². The Bertz CT molecular complexity index is 371. The lowest BCUT2D eigenvalue weighted by Gasteiger charge is -2.31. The molecule has 5 heteroatoms. The molecule has 0 aromatic carbocycles. The number of rotatable bonds is 20. The Morgan fingerprint density at radius 3 is 1.70 bits per heavy atom. The van der Waals surface area contributed by atoms with Crippen molar-refractivity contribution in [3.05, 3.63) is 0 Å². The molecule has 1 rings (SSSR count). The number of hydrogen-bond donors (Lipinski definition) is 1. The topological polar surface area (TPSA) is 20.2 Å². The van der Waals surface area contributed by atoms with E-state index in [1.165, 1.54) is 115 Å². The summed E-state index contributed by atoms with van der Waals surface area (Å²) < 4.78 is 1.79. The summed E-state index contributed by atoms with van der Waals surface area (Å²) in [5.41, 5.74) is 0. The Morgan fingerprint density at radius 2 is 1.23 bits per heavy atom. The van der Waals surface area contributed by atoms with E-state index < -0.39 is 0 Å². The maximum atomic E-state index is 9.20. The highest BCUT2D eigenvalue weighted by Crippen LogP contribution is 2.41. The van der Waals surface area contributed by atoms with Crippen LogP contribution in [-0.2, 0) is 0 Å². The van der Waals surface area contributed by atoms with Gasteiger partial charge in [0, 0.05) is 5.75 Å². The third-order valence-corrected chi connectivity index (χ3v) is 9.65. The van der Waals surface area contributed by atoms with Crippen LogP contribution in [0.25, 0.3) is 0 Å². The highest BCUT2D eigenvalue weighted by atomic mass is 79.9. The second kappa shape index (κ2) is 20.7. The van der Waals surface area contributed by atoms with Gasteiger partial charge >= 0.3 is 0 Å². The van der Waals surface area contributed by atoms with Gasteiger partial charge in [-0.15, -0.1) is 23.5 Å². The number of aliphatic hydroxyl groups excluding tert-OH is 1. The average molecular weight is 527 g/mol. The van der Waals surface area contributed by atoms with E-state index >= 15 is 0 Å². The van der Waals surface area contributed by atoms with Gasteiger partial charge in [-0.1, -0.05) is 103 Å². The third-order valence-electron chi connectivity index (χ3n) is 6.26. The molecule has 1 aliphatic rings. The van der Waals surface area contributed by atoms with Gasteiger partial charge in [-0.25, -0.2) is 0 Å². The van der Waals surface area contributed by atoms with Crippen LogP contribution in [0.15, 0.2) is 0 Å². The van der Waals surface area contributed by atoms with Gasteiger partial charge in [0.05, 0.1) is 37.1 Å². The number of aliphatic hydroxyl groups is 1. The molecular formula is C25H52BrNOS2. The average Bonchev–Trinajstić information content (AvgIpc) is 3.11. The highest BCUT2D eigenvalue weighted by Gasteiger charge is 2.30. The molecule has 1 N–H and O–H groups in total. The van der Waals surface area contributed by atoms with E-state index in [1.807, 2.05) is 0 Å². The minimum absolute atomic E-state index is 0. The molecule has 2 nitrogen and oxygen atoms in total. The van der Waals surface area contributed by atoms with E-state index in [2.05, 4.69) is 44.5 Å². The molecule has 0 aliphatic carbocycles. The first-order valence-electron chi connectivity index (χ1n) is 12.8. The minimum Gasteiger partial charge on any atom is -1.00 e. The van der Waals surface area contributed by atoms with E-state index in [0.717, 1.165) is 20.9 Å². The zero-order chi connectivity index (χ0) is 21.2. The third kappa shape index (κ3) is 17.6. The smallest absolute Gasteiger partial charge is 0.102 e. The number of nitrogens with zero attached hydrogens (tertiary/aromatic N) is 1. The van der Waals surface area contributed by atoms with Crippen LogP contribution < -0.4 is 17.0 Å². The summed E-state index contributed by atoms with van der Waals surface area (Å²) in [6.45, 7) is 4.69. The van der Waals surface area contributed by atoms with Gasteiger partial charge in [0.1, 0.15) is 6.54 Å². The second-order valence-corrected chi connectivity index (χ2v) is 12.9. The fourth-order valence-electron chi connectivity index (χ4n) is 4.35. The first kappa shape index (κ1) is 31.1. The van der Waals surface area contributed by atoms with Crippen LogP contribution in [0.5, 0.6) is 0 Å². The number of likely N-dealkylation sites (N-methyl/N-ethyl adjacent to an activating group) is 1. The lowest BCUT2D eigenvalue weighted by Crippen LogP contribution is -3.00. The molecule has 0 bridgehead atoms. The number of unbranched alkanes of at least 4 members (excludes halogenated alkanes) is 14. The van der Waals surface area contributed by atoms with Crippen LogP contribution in [0, 0.1) is 0 Å². The molecule has 182 valence electrons. The van der Waals surface area contributed by atoms with E-state index in [1.54, 1.807) is 0 Å². The molecule has 1 saturated heterocycles. The molecule has 1 fully saturated rings. The van der Waals surface area contributed by atoms with Gasteiger partial charge in [-0.3, -0.25) is 0 Å². The van der Waals surface area contributed by atoms with Crippen molar-refractivity contribution in [3.63, 3.8) is 0 Å². The molecule has 0 amide bonds. The van der Waals surface area contributed by atoms with Gasteiger partial charge < -0.3 is 26.6 Å². The Labute approximate surface area is 208 Å². The number of halogens is 1. The van der Waals surface area contributed by atoms with Crippen LogP contribution >= 0.6 is 23.5 Å². The van der Waals surface area contributed by atoms with Crippen molar-refractivity contribution < 1.29 is 26.6 Å². The molecule has 0 radical (unpaired) electrons. The summed E-state index contributed by atoms with van der Waals surface area (Å²) in [5.74, 6) is 1.31. The zero-order valence-corrected chi connectivity index (χ0v) is 23.6. The summed E-state index contributed by atoms with van der Waals surface area (Å²) in [4.78, 5) is 0. The molecule has 2 atom stereocenters. The quantitative estimate of drug-likeness (QED) is 0.186. The van der Waals surface area contributed by atoms with Crippen molar-refractivity contribution in [2.75, 3.05) is 39.5 Å². The fourth-order valence-corrected chi connectivity index (χ4v) is 8.01. The van der Waals surface area contributed by atoms with Crippen LogP contribution in [0.4, 0.5) is 0 Å². The minimum atomic E-state index is 0. The van der Waals surface area contributed by atoms with E-state index in [-0.39, 0.29) is 17.0 Å². The zero-order valence-electron chi connectivity index (χ0n) is 20.4. The highest BCUT2D eigenvalue weighted by molar-refractivity contribution is 8.20. The lowest BCUT2D eigenvalue weighted by molar-refractivity contribution is -0.889. The monoisotopic (exact) mass is 525 g/mol. The van der Waals surface area contributed by atoms with Crippen LogP contribution in [0.1, 0.15) is 110 Å². The molecule has 0 spiro atoms. The van der Waals surface area contributed by atoms with E-state index in [0.29, 0.717) is 6.61 Å². The van der Waals surface area contributed by atoms with Crippen molar-refractivity contribution >= 4 is 23.5 Å². The summed E-state index contributed by atoms with van der Waals surface area (Å²) in [5, 5.41) is 9.98. The number of thioether (sulfide) groups is 2. The number of hydrogen-bond acceptors (Lipinski definition) is 3. The van der Waals surface area contributed by atoms with Crippen LogP contribution in [-0.4, -0.2) is 59.0 Å². The summed E-state index contributed by atoms with van der Waals surface area (Å²) in [6.07, 6.45) is 23.2. The summed E-state index contributed by atoms with van der Waals surface area (Å²) in [6, 6.07) is 0. The second-order valence-electron chi connectivity index (χ2n) is 9.82. The maximum absolute atomic E-state index is 9.20. The molecule has 2 unspecified atom stereocenters. The Kier molecular flexibility index (Phi) is 21.4. The number of quaternary nitrogens is 1. The predicted octanol–water partition coefficient (Wildman–Crippen LogP) is 4.50. The molecule has 1 aliphatic heterocycles. The van der Waals surface area contributed by atoms with Crippen molar-refractivity contribution in [2.24, 2.45) is 0 Å². The van der Waals surface area contributed by atoms with Gasteiger partial charge in [0.25, 0.3) is 0 Å². The SMILES string of the molecule is CCCCCCCCCCCCCCCCCC1SCC(C[N+](C)(C)CCO)S1.[Br-]. The molecule has 0 aromatic rings. The van der Waals surface area contributed by atoms with Gasteiger partial charge in [-0.2, -0.15) is 0 Å². The molecule has 0 saturated carbocycles.